The van der Waals surface area contributed by atoms with Crippen molar-refractivity contribution >= 4 is 17.7 Å². The molecule has 0 aliphatic carbocycles. The van der Waals surface area contributed by atoms with Gasteiger partial charge in [-0.15, -0.1) is 0 Å². The number of rotatable bonds is 8. The lowest BCUT2D eigenvalue weighted by atomic mass is 9.90. The summed E-state index contributed by atoms with van der Waals surface area (Å²) >= 11 is 0. The van der Waals surface area contributed by atoms with E-state index >= 15 is 0 Å². The topological polar surface area (TPSA) is 95.9 Å². The molecule has 1 saturated heterocycles. The van der Waals surface area contributed by atoms with Crippen LogP contribution >= 0.6 is 0 Å². The maximum atomic E-state index is 13.0. The molecule has 3 rings (SSSR count). The van der Waals surface area contributed by atoms with Gasteiger partial charge in [-0.3, -0.25) is 14.5 Å². The highest BCUT2D eigenvalue weighted by molar-refractivity contribution is 6.07. The van der Waals surface area contributed by atoms with Crippen LogP contribution in [0.25, 0.3) is 0 Å². The van der Waals surface area contributed by atoms with Crippen molar-refractivity contribution in [3.63, 3.8) is 0 Å². The molecule has 1 aliphatic rings. The van der Waals surface area contributed by atoms with Crippen LogP contribution in [0.15, 0.2) is 48.5 Å². The number of carbonyl (C=O) groups is 3. The standard InChI is InChI=1S/C24H28N2O5/c1-15(2)17-8-10-19(11-9-17)24(4)22(29)26(23(30)25-24)13-20(28)14-31-21-7-5-6-18(12-21)16(3)27/h5-12,15,20,28H,13-14H2,1-4H3,(H,25,30)/t20-,24-/m1/s1. The van der Waals surface area contributed by atoms with Crippen LogP contribution in [-0.2, 0) is 10.3 Å². The first kappa shape index (κ1) is 22.5. The van der Waals surface area contributed by atoms with Crippen molar-refractivity contribution in [1.29, 1.82) is 0 Å². The van der Waals surface area contributed by atoms with E-state index in [1.807, 2.05) is 24.3 Å². The van der Waals surface area contributed by atoms with Crippen LogP contribution < -0.4 is 10.1 Å². The number of amides is 3. The lowest BCUT2D eigenvalue weighted by Gasteiger charge is -2.23. The van der Waals surface area contributed by atoms with Crippen LogP contribution in [0.5, 0.6) is 5.75 Å². The Hall–Kier alpha value is -3.19. The third-order valence-electron chi connectivity index (χ3n) is 5.51. The number of ether oxygens (including phenoxy) is 1. The van der Waals surface area contributed by atoms with E-state index in [9.17, 15) is 19.5 Å². The number of hydrogen-bond acceptors (Lipinski definition) is 5. The van der Waals surface area contributed by atoms with Crippen molar-refractivity contribution in [2.45, 2.75) is 45.3 Å². The molecule has 0 aromatic heterocycles. The molecule has 0 spiro atoms. The predicted octanol–water partition coefficient (Wildman–Crippen LogP) is 3.22. The summed E-state index contributed by atoms with van der Waals surface area (Å²) in [5.41, 5.74) is 1.13. The van der Waals surface area contributed by atoms with Crippen LogP contribution in [0, 0.1) is 0 Å². The Labute approximate surface area is 182 Å². The third-order valence-corrected chi connectivity index (χ3v) is 5.51. The van der Waals surface area contributed by atoms with E-state index in [-0.39, 0.29) is 18.9 Å². The minimum atomic E-state index is -1.19. The van der Waals surface area contributed by atoms with Gasteiger partial charge in [0.15, 0.2) is 5.78 Å². The van der Waals surface area contributed by atoms with E-state index in [1.165, 1.54) is 6.92 Å². The molecule has 2 aromatic rings. The Morgan fingerprint density at radius 1 is 1.16 bits per heavy atom. The van der Waals surface area contributed by atoms with Gasteiger partial charge in [0.05, 0.1) is 6.54 Å². The maximum Gasteiger partial charge on any atom is 0.325 e. The molecule has 3 amide bonds. The highest BCUT2D eigenvalue weighted by Crippen LogP contribution is 2.30. The van der Waals surface area contributed by atoms with Gasteiger partial charge in [-0.1, -0.05) is 50.2 Å². The number of aliphatic hydroxyl groups excluding tert-OH is 1. The van der Waals surface area contributed by atoms with Crippen molar-refractivity contribution in [3.05, 3.63) is 65.2 Å². The first-order chi connectivity index (χ1) is 14.6. The largest absolute Gasteiger partial charge is 0.491 e. The van der Waals surface area contributed by atoms with Gasteiger partial charge in [-0.05, 0) is 43.0 Å². The number of aliphatic hydroxyl groups is 1. The Morgan fingerprint density at radius 2 is 1.84 bits per heavy atom. The molecule has 1 aliphatic heterocycles. The number of imide groups is 1. The molecule has 31 heavy (non-hydrogen) atoms. The zero-order valence-electron chi connectivity index (χ0n) is 18.2. The minimum absolute atomic E-state index is 0.0916. The van der Waals surface area contributed by atoms with Gasteiger partial charge in [0, 0.05) is 5.56 Å². The highest BCUT2D eigenvalue weighted by atomic mass is 16.5. The van der Waals surface area contributed by atoms with Gasteiger partial charge in [-0.2, -0.15) is 0 Å². The van der Waals surface area contributed by atoms with E-state index in [0.717, 1.165) is 10.5 Å². The average molecular weight is 424 g/mol. The zero-order chi connectivity index (χ0) is 22.8. The maximum absolute atomic E-state index is 13.0. The summed E-state index contributed by atoms with van der Waals surface area (Å²) in [6.07, 6.45) is -1.08. The van der Waals surface area contributed by atoms with E-state index in [1.54, 1.807) is 31.2 Å². The lowest BCUT2D eigenvalue weighted by molar-refractivity contribution is -0.132. The molecular formula is C24H28N2O5. The van der Waals surface area contributed by atoms with E-state index in [4.69, 9.17) is 4.74 Å². The zero-order valence-corrected chi connectivity index (χ0v) is 18.2. The number of urea groups is 1. The molecule has 0 saturated carbocycles. The summed E-state index contributed by atoms with van der Waals surface area (Å²) in [6, 6.07) is 13.6. The van der Waals surface area contributed by atoms with Crippen molar-refractivity contribution in [3.8, 4) is 5.75 Å². The molecule has 2 aromatic carbocycles. The van der Waals surface area contributed by atoms with Gasteiger partial charge < -0.3 is 15.2 Å². The summed E-state index contributed by atoms with van der Waals surface area (Å²) in [4.78, 5) is 38.0. The minimum Gasteiger partial charge on any atom is -0.491 e. The fraction of sp³-hybridized carbons (Fsp3) is 0.375. The molecule has 0 radical (unpaired) electrons. The Balaban J connectivity index is 1.65. The van der Waals surface area contributed by atoms with E-state index in [2.05, 4.69) is 19.2 Å². The molecule has 0 bridgehead atoms. The van der Waals surface area contributed by atoms with Crippen LogP contribution in [0.1, 0.15) is 55.1 Å². The molecule has 2 N–H and O–H groups in total. The lowest BCUT2D eigenvalue weighted by Crippen LogP contribution is -2.42. The van der Waals surface area contributed by atoms with Crippen LogP contribution in [0.3, 0.4) is 0 Å². The van der Waals surface area contributed by atoms with Gasteiger partial charge in [0.1, 0.15) is 24.0 Å². The molecule has 1 heterocycles. The molecule has 7 nitrogen and oxygen atoms in total. The van der Waals surface area contributed by atoms with Crippen LogP contribution in [0.2, 0.25) is 0 Å². The second kappa shape index (κ2) is 8.89. The first-order valence-corrected chi connectivity index (χ1v) is 10.3. The summed E-state index contributed by atoms with van der Waals surface area (Å²) in [6.45, 7) is 6.96. The summed E-state index contributed by atoms with van der Waals surface area (Å²) < 4.78 is 5.54. The second-order valence-electron chi connectivity index (χ2n) is 8.30. The molecule has 164 valence electrons. The number of ketones is 1. The number of β-amino-alcohol motifs (C(OH)–C–C–N with tert-alkyl or cyclic N) is 1. The van der Waals surface area contributed by atoms with Gasteiger partial charge in [0.2, 0.25) is 0 Å². The van der Waals surface area contributed by atoms with Gasteiger partial charge in [0.25, 0.3) is 5.91 Å². The smallest absolute Gasteiger partial charge is 0.325 e. The monoisotopic (exact) mass is 424 g/mol. The number of benzene rings is 2. The summed E-state index contributed by atoms with van der Waals surface area (Å²) in [5, 5.41) is 13.1. The third kappa shape index (κ3) is 4.77. The van der Waals surface area contributed by atoms with Crippen LogP contribution in [0.4, 0.5) is 4.79 Å². The predicted molar refractivity (Wildman–Crippen MR) is 116 cm³/mol. The molecule has 0 unspecified atom stereocenters. The SMILES string of the molecule is CC(=O)c1cccc(OC[C@H](O)CN2C(=O)N[C@](C)(c3ccc(C(C)C)cc3)C2=O)c1. The number of nitrogens with one attached hydrogen (secondary N) is 1. The number of nitrogens with zero attached hydrogens (tertiary/aromatic N) is 1. The summed E-state index contributed by atoms with van der Waals surface area (Å²) in [5.74, 6) is 0.274. The molecule has 7 heteroatoms. The van der Waals surface area contributed by atoms with Crippen molar-refractivity contribution in [2.75, 3.05) is 13.2 Å². The van der Waals surface area contributed by atoms with E-state index < -0.39 is 23.6 Å². The highest BCUT2D eigenvalue weighted by Gasteiger charge is 2.49. The van der Waals surface area contributed by atoms with Gasteiger partial charge in [-0.25, -0.2) is 4.79 Å². The molecule has 2 atom stereocenters. The quantitative estimate of drug-likeness (QED) is 0.501. The normalized spacial score (nSPS) is 19.5. The Kier molecular flexibility index (Phi) is 6.45. The van der Waals surface area contributed by atoms with Crippen molar-refractivity contribution in [1.82, 2.24) is 10.2 Å². The van der Waals surface area contributed by atoms with Crippen molar-refractivity contribution < 1.29 is 24.2 Å². The summed E-state index contributed by atoms with van der Waals surface area (Å²) in [7, 11) is 0. The number of Topliss-reactive ketones (excluding diaryl/α,β-unsaturated/α-hetero) is 1. The second-order valence-corrected chi connectivity index (χ2v) is 8.30. The fourth-order valence-corrected chi connectivity index (χ4v) is 3.52. The molecule has 1 fully saturated rings. The number of hydrogen-bond donors (Lipinski definition) is 2. The number of carbonyl (C=O) groups excluding carboxylic acids is 3. The Morgan fingerprint density at radius 3 is 2.45 bits per heavy atom. The van der Waals surface area contributed by atoms with E-state index in [0.29, 0.717) is 22.8 Å². The van der Waals surface area contributed by atoms with Gasteiger partial charge >= 0.3 is 6.03 Å². The first-order valence-electron chi connectivity index (χ1n) is 10.3. The Bertz CT molecular complexity index is 986. The van der Waals surface area contributed by atoms with Crippen LogP contribution in [-0.4, -0.2) is 47.0 Å². The fourth-order valence-electron chi connectivity index (χ4n) is 3.52. The molecular weight excluding hydrogens is 396 g/mol. The average Bonchev–Trinajstić information content (AvgIpc) is 2.96. The van der Waals surface area contributed by atoms with Crippen molar-refractivity contribution in [2.24, 2.45) is 0 Å².